The van der Waals surface area contributed by atoms with Crippen LogP contribution in [-0.4, -0.2) is 12.6 Å². The van der Waals surface area contributed by atoms with Gasteiger partial charge in [-0.3, -0.25) is 0 Å². The molecule has 1 unspecified atom stereocenters. The van der Waals surface area contributed by atoms with E-state index in [2.05, 4.69) is 73.2 Å². The number of nitrogens with one attached hydrogen (secondary N) is 1. The first-order valence-electron chi connectivity index (χ1n) is 7.44. The molecule has 1 aromatic heterocycles. The molecule has 0 amide bonds. The van der Waals surface area contributed by atoms with Gasteiger partial charge in [-0.05, 0) is 47.3 Å². The summed E-state index contributed by atoms with van der Waals surface area (Å²) in [6, 6.07) is 13.6. The first kappa shape index (κ1) is 15.3. The van der Waals surface area contributed by atoms with Gasteiger partial charge in [0, 0.05) is 11.5 Å². The lowest BCUT2D eigenvalue weighted by Gasteiger charge is -2.36. The number of benzene rings is 1. The Labute approximate surface area is 127 Å². The molecule has 0 saturated heterocycles. The van der Waals surface area contributed by atoms with Crippen molar-refractivity contribution in [1.29, 1.82) is 0 Å². The van der Waals surface area contributed by atoms with Crippen LogP contribution in [0.5, 0.6) is 0 Å². The molecule has 0 fully saturated rings. The van der Waals surface area contributed by atoms with Gasteiger partial charge in [-0.1, -0.05) is 51.1 Å². The van der Waals surface area contributed by atoms with Crippen molar-refractivity contribution in [2.75, 3.05) is 6.54 Å². The smallest absolute Gasteiger partial charge is 0.0199 e. The lowest BCUT2D eigenvalue weighted by atomic mass is 9.75. The van der Waals surface area contributed by atoms with Crippen LogP contribution >= 0.6 is 11.3 Å². The maximum atomic E-state index is 3.75. The molecule has 2 aromatic rings. The Balaban J connectivity index is 2.20. The zero-order chi connectivity index (χ0) is 14.4. The summed E-state index contributed by atoms with van der Waals surface area (Å²) >= 11 is 1.78. The number of hydrogen-bond acceptors (Lipinski definition) is 2. The molecule has 0 radical (unpaired) electrons. The largest absolute Gasteiger partial charge is 0.313 e. The highest BCUT2D eigenvalue weighted by atomic mass is 32.1. The molecule has 1 N–H and O–H groups in total. The summed E-state index contributed by atoms with van der Waals surface area (Å²) < 4.78 is 0. The fraction of sp³-hybridized carbons (Fsp3) is 0.444. The Morgan fingerprint density at radius 1 is 1.15 bits per heavy atom. The maximum absolute atomic E-state index is 3.75. The van der Waals surface area contributed by atoms with Crippen LogP contribution in [0.25, 0.3) is 0 Å². The standard InChI is InChI=1S/C18H25NS/c1-4-11-19-17(13-15-10-12-20-14-15)18(2,3)16-8-6-5-7-9-16/h5-10,12,14,17,19H,4,11,13H2,1-3H3. The van der Waals surface area contributed by atoms with E-state index < -0.39 is 0 Å². The van der Waals surface area contributed by atoms with Crippen LogP contribution in [0, 0.1) is 0 Å². The quantitative estimate of drug-likeness (QED) is 0.782. The van der Waals surface area contributed by atoms with E-state index in [0.717, 1.165) is 13.0 Å². The van der Waals surface area contributed by atoms with Crippen LogP contribution in [-0.2, 0) is 11.8 Å². The van der Waals surface area contributed by atoms with Gasteiger partial charge >= 0.3 is 0 Å². The summed E-state index contributed by atoms with van der Waals surface area (Å²) in [4.78, 5) is 0. The summed E-state index contributed by atoms with van der Waals surface area (Å²) in [5.41, 5.74) is 2.97. The predicted molar refractivity (Wildman–Crippen MR) is 89.6 cm³/mol. The van der Waals surface area contributed by atoms with Crippen molar-refractivity contribution in [1.82, 2.24) is 5.32 Å². The minimum absolute atomic E-state index is 0.123. The number of hydrogen-bond donors (Lipinski definition) is 1. The average Bonchev–Trinajstić information content (AvgIpc) is 2.97. The van der Waals surface area contributed by atoms with Crippen molar-refractivity contribution < 1.29 is 0 Å². The van der Waals surface area contributed by atoms with Crippen LogP contribution in [0.3, 0.4) is 0 Å². The van der Waals surface area contributed by atoms with Gasteiger partial charge in [0.05, 0.1) is 0 Å². The Hall–Kier alpha value is -1.12. The molecule has 0 aliphatic carbocycles. The van der Waals surface area contributed by atoms with E-state index in [4.69, 9.17) is 0 Å². The Morgan fingerprint density at radius 3 is 2.50 bits per heavy atom. The van der Waals surface area contributed by atoms with Gasteiger partial charge < -0.3 is 5.32 Å². The van der Waals surface area contributed by atoms with E-state index in [1.807, 2.05) is 0 Å². The second-order valence-corrected chi connectivity index (χ2v) is 6.71. The van der Waals surface area contributed by atoms with Crippen molar-refractivity contribution in [2.45, 2.75) is 45.1 Å². The average molecular weight is 287 g/mol. The molecule has 0 spiro atoms. The summed E-state index contributed by atoms with van der Waals surface area (Å²) in [6.45, 7) is 8.00. The zero-order valence-corrected chi connectivity index (χ0v) is 13.5. The molecule has 1 nitrogen and oxygen atoms in total. The molecule has 1 heterocycles. The van der Waals surface area contributed by atoms with Crippen molar-refractivity contribution in [2.24, 2.45) is 0 Å². The molecule has 20 heavy (non-hydrogen) atoms. The summed E-state index contributed by atoms with van der Waals surface area (Å²) in [6.07, 6.45) is 2.26. The van der Waals surface area contributed by atoms with Crippen molar-refractivity contribution in [3.63, 3.8) is 0 Å². The van der Waals surface area contributed by atoms with E-state index in [1.54, 1.807) is 11.3 Å². The fourth-order valence-electron chi connectivity index (χ4n) is 2.61. The van der Waals surface area contributed by atoms with Gasteiger partial charge in [-0.15, -0.1) is 0 Å². The van der Waals surface area contributed by atoms with Crippen molar-refractivity contribution in [3.8, 4) is 0 Å². The van der Waals surface area contributed by atoms with Crippen LogP contribution in [0.4, 0.5) is 0 Å². The monoisotopic (exact) mass is 287 g/mol. The highest BCUT2D eigenvalue weighted by Gasteiger charge is 2.30. The Kier molecular flexibility index (Phi) is 5.38. The molecule has 0 saturated carbocycles. The van der Waals surface area contributed by atoms with Crippen LogP contribution in [0.2, 0.25) is 0 Å². The predicted octanol–water partition coefficient (Wildman–Crippen LogP) is 4.64. The molecule has 1 aromatic carbocycles. The Morgan fingerprint density at radius 2 is 1.90 bits per heavy atom. The topological polar surface area (TPSA) is 12.0 Å². The Bertz CT molecular complexity index is 487. The third-order valence-electron chi connectivity index (χ3n) is 4.05. The van der Waals surface area contributed by atoms with Gasteiger partial charge in [0.1, 0.15) is 0 Å². The maximum Gasteiger partial charge on any atom is 0.0199 e. The SMILES string of the molecule is CCCNC(Cc1ccsc1)C(C)(C)c1ccccc1. The van der Waals surface area contributed by atoms with E-state index in [0.29, 0.717) is 6.04 Å². The van der Waals surface area contributed by atoms with E-state index in [-0.39, 0.29) is 5.41 Å². The lowest BCUT2D eigenvalue weighted by Crippen LogP contribution is -2.46. The first-order chi connectivity index (χ1) is 9.64. The highest BCUT2D eigenvalue weighted by Crippen LogP contribution is 2.29. The van der Waals surface area contributed by atoms with Crippen molar-refractivity contribution in [3.05, 3.63) is 58.3 Å². The fourth-order valence-corrected chi connectivity index (χ4v) is 3.30. The number of thiophene rings is 1. The molecular formula is C18H25NS. The van der Waals surface area contributed by atoms with Crippen LogP contribution in [0.1, 0.15) is 38.3 Å². The summed E-state index contributed by atoms with van der Waals surface area (Å²) in [5, 5.41) is 8.19. The van der Waals surface area contributed by atoms with Gasteiger partial charge in [-0.25, -0.2) is 0 Å². The molecule has 2 rings (SSSR count). The first-order valence-corrected chi connectivity index (χ1v) is 8.39. The van der Waals surface area contributed by atoms with Crippen molar-refractivity contribution >= 4 is 11.3 Å². The van der Waals surface area contributed by atoms with E-state index in [9.17, 15) is 0 Å². The molecule has 2 heteroatoms. The third kappa shape index (κ3) is 3.71. The molecule has 0 bridgehead atoms. The molecule has 0 aliphatic rings. The second-order valence-electron chi connectivity index (χ2n) is 5.93. The van der Waals surface area contributed by atoms with Gasteiger partial charge in [0.15, 0.2) is 0 Å². The van der Waals surface area contributed by atoms with Crippen LogP contribution < -0.4 is 5.32 Å². The minimum atomic E-state index is 0.123. The van der Waals surface area contributed by atoms with Gasteiger partial charge in [0.25, 0.3) is 0 Å². The molecular weight excluding hydrogens is 262 g/mol. The highest BCUT2D eigenvalue weighted by molar-refractivity contribution is 7.07. The summed E-state index contributed by atoms with van der Waals surface area (Å²) in [5.74, 6) is 0. The third-order valence-corrected chi connectivity index (χ3v) is 4.78. The van der Waals surface area contributed by atoms with Gasteiger partial charge in [0.2, 0.25) is 0 Å². The minimum Gasteiger partial charge on any atom is -0.313 e. The van der Waals surface area contributed by atoms with Gasteiger partial charge in [-0.2, -0.15) is 11.3 Å². The summed E-state index contributed by atoms with van der Waals surface area (Å²) in [7, 11) is 0. The lowest BCUT2D eigenvalue weighted by molar-refractivity contribution is 0.338. The molecule has 0 aliphatic heterocycles. The second kappa shape index (κ2) is 7.05. The molecule has 1 atom stereocenters. The normalized spacial score (nSPS) is 13.3. The number of rotatable bonds is 7. The molecule has 108 valence electrons. The van der Waals surface area contributed by atoms with E-state index in [1.165, 1.54) is 17.5 Å². The zero-order valence-electron chi connectivity index (χ0n) is 12.7. The van der Waals surface area contributed by atoms with E-state index >= 15 is 0 Å². The van der Waals surface area contributed by atoms with Crippen LogP contribution in [0.15, 0.2) is 47.2 Å².